The van der Waals surface area contributed by atoms with Crippen molar-refractivity contribution in [1.29, 1.82) is 0 Å². The Morgan fingerprint density at radius 3 is 2.83 bits per heavy atom. The topological polar surface area (TPSA) is 69.8 Å². The number of piperidine rings is 1. The third kappa shape index (κ3) is 3.57. The predicted octanol–water partition coefficient (Wildman–Crippen LogP) is 1.30. The molecule has 2 rings (SSSR count). The smallest absolute Gasteiger partial charge is 0.252 e. The van der Waals surface area contributed by atoms with Gasteiger partial charge in [0.15, 0.2) is 0 Å². The van der Waals surface area contributed by atoms with Crippen LogP contribution in [0.25, 0.3) is 0 Å². The van der Waals surface area contributed by atoms with Crippen molar-refractivity contribution < 1.29 is 0 Å². The summed E-state index contributed by atoms with van der Waals surface area (Å²) < 4.78 is 0. The first kappa shape index (κ1) is 13.1. The minimum absolute atomic E-state index is 0.0819. The van der Waals surface area contributed by atoms with E-state index in [0.29, 0.717) is 11.9 Å². The van der Waals surface area contributed by atoms with Gasteiger partial charge in [-0.3, -0.25) is 9.78 Å². The quantitative estimate of drug-likeness (QED) is 0.753. The van der Waals surface area contributed by atoms with E-state index in [9.17, 15) is 4.79 Å². The van der Waals surface area contributed by atoms with Crippen LogP contribution in [0, 0.1) is 5.92 Å². The minimum Gasteiger partial charge on any atom is -0.355 e. The molecule has 1 saturated heterocycles. The van der Waals surface area contributed by atoms with Gasteiger partial charge in [-0.2, -0.15) is 0 Å². The van der Waals surface area contributed by atoms with Crippen molar-refractivity contribution in [1.82, 2.24) is 15.3 Å². The van der Waals surface area contributed by atoms with Gasteiger partial charge < -0.3 is 10.6 Å². The fourth-order valence-electron chi connectivity index (χ4n) is 2.18. The summed E-state index contributed by atoms with van der Waals surface area (Å²) in [5, 5.41) is 6.60. The lowest BCUT2D eigenvalue weighted by atomic mass is 9.98. The lowest BCUT2D eigenvalue weighted by Crippen LogP contribution is -2.31. The van der Waals surface area contributed by atoms with E-state index in [4.69, 9.17) is 0 Å². The number of hydrogen-bond donors (Lipinski definition) is 3. The normalized spacial score (nSPS) is 17.1. The number of aromatic amines is 1. The lowest BCUT2D eigenvalue weighted by molar-refractivity contribution is 0.389. The Labute approximate surface area is 107 Å². The maximum Gasteiger partial charge on any atom is 0.252 e. The number of nitrogens with one attached hydrogen (secondary N) is 3. The minimum atomic E-state index is -0.0819. The van der Waals surface area contributed by atoms with E-state index in [1.54, 1.807) is 6.07 Å². The molecule has 3 N–H and O–H groups in total. The zero-order valence-electron chi connectivity index (χ0n) is 11.1. The molecule has 5 nitrogen and oxygen atoms in total. The van der Waals surface area contributed by atoms with E-state index in [1.165, 1.54) is 12.8 Å². The average Bonchev–Trinajstić information content (AvgIpc) is 2.37. The fraction of sp³-hybridized carbons (Fsp3) is 0.692. The zero-order chi connectivity index (χ0) is 13.0. The molecular weight excluding hydrogens is 228 g/mol. The van der Waals surface area contributed by atoms with Crippen LogP contribution in [0.3, 0.4) is 0 Å². The number of rotatable bonds is 4. The lowest BCUT2D eigenvalue weighted by Gasteiger charge is -2.22. The monoisotopic (exact) mass is 250 g/mol. The van der Waals surface area contributed by atoms with Gasteiger partial charge in [0, 0.05) is 12.6 Å². The summed E-state index contributed by atoms with van der Waals surface area (Å²) in [6.07, 6.45) is 2.36. The molecule has 1 aromatic heterocycles. The molecular formula is C13H22N4O. The van der Waals surface area contributed by atoms with Crippen LogP contribution in [-0.2, 0) is 0 Å². The Balaban J connectivity index is 1.97. The number of hydrogen-bond acceptors (Lipinski definition) is 4. The van der Waals surface area contributed by atoms with Crippen LogP contribution in [0.2, 0.25) is 0 Å². The van der Waals surface area contributed by atoms with Crippen molar-refractivity contribution in [3.8, 4) is 0 Å². The Kier molecular flexibility index (Phi) is 4.36. The summed E-state index contributed by atoms with van der Waals surface area (Å²) in [7, 11) is 0. The van der Waals surface area contributed by atoms with Crippen molar-refractivity contribution in [2.24, 2.45) is 5.92 Å². The fourth-order valence-corrected chi connectivity index (χ4v) is 2.18. The van der Waals surface area contributed by atoms with Gasteiger partial charge in [-0.05, 0) is 37.8 Å². The molecule has 100 valence electrons. The first-order chi connectivity index (χ1) is 8.65. The van der Waals surface area contributed by atoms with Crippen LogP contribution in [0.5, 0.6) is 0 Å². The Hall–Kier alpha value is -1.36. The Morgan fingerprint density at radius 1 is 1.44 bits per heavy atom. The summed E-state index contributed by atoms with van der Waals surface area (Å²) in [4.78, 5) is 18.7. The van der Waals surface area contributed by atoms with Gasteiger partial charge in [-0.1, -0.05) is 13.8 Å². The first-order valence-corrected chi connectivity index (χ1v) is 6.71. The molecule has 18 heavy (non-hydrogen) atoms. The molecule has 0 unspecified atom stereocenters. The molecule has 5 heteroatoms. The summed E-state index contributed by atoms with van der Waals surface area (Å²) in [5.74, 6) is 1.54. The second-order valence-electron chi connectivity index (χ2n) is 5.25. The summed E-state index contributed by atoms with van der Waals surface area (Å²) in [6, 6.07) is 1.57. The van der Waals surface area contributed by atoms with Gasteiger partial charge in [-0.25, -0.2) is 4.98 Å². The van der Waals surface area contributed by atoms with Crippen LogP contribution >= 0.6 is 0 Å². The van der Waals surface area contributed by atoms with Gasteiger partial charge in [0.2, 0.25) is 5.95 Å². The molecule has 2 heterocycles. The van der Waals surface area contributed by atoms with Crippen molar-refractivity contribution >= 4 is 5.95 Å². The molecule has 1 aliphatic rings. The van der Waals surface area contributed by atoms with Gasteiger partial charge in [0.25, 0.3) is 5.56 Å². The zero-order valence-corrected chi connectivity index (χ0v) is 11.1. The molecule has 1 aliphatic heterocycles. The van der Waals surface area contributed by atoms with Crippen molar-refractivity contribution in [3.05, 3.63) is 22.1 Å². The summed E-state index contributed by atoms with van der Waals surface area (Å²) in [6.45, 7) is 7.13. The second-order valence-corrected chi connectivity index (χ2v) is 5.25. The van der Waals surface area contributed by atoms with Gasteiger partial charge >= 0.3 is 0 Å². The molecule has 0 aromatic carbocycles. The van der Waals surface area contributed by atoms with Gasteiger partial charge in [-0.15, -0.1) is 0 Å². The highest BCUT2D eigenvalue weighted by Gasteiger charge is 2.13. The Bertz CT molecular complexity index is 435. The van der Waals surface area contributed by atoms with Crippen molar-refractivity contribution in [2.75, 3.05) is 25.0 Å². The largest absolute Gasteiger partial charge is 0.355 e. The van der Waals surface area contributed by atoms with Crippen LogP contribution < -0.4 is 16.2 Å². The van der Waals surface area contributed by atoms with Crippen LogP contribution in [0.4, 0.5) is 5.95 Å². The molecule has 0 spiro atoms. The van der Waals surface area contributed by atoms with Crippen LogP contribution in [0.15, 0.2) is 10.9 Å². The van der Waals surface area contributed by atoms with E-state index in [2.05, 4.69) is 20.6 Å². The van der Waals surface area contributed by atoms with E-state index < -0.39 is 0 Å². The van der Waals surface area contributed by atoms with E-state index in [-0.39, 0.29) is 11.5 Å². The number of H-pyrrole nitrogens is 1. The highest BCUT2D eigenvalue weighted by atomic mass is 16.1. The van der Waals surface area contributed by atoms with E-state index in [1.807, 2.05) is 13.8 Å². The molecule has 0 atom stereocenters. The predicted molar refractivity (Wildman–Crippen MR) is 73.0 cm³/mol. The van der Waals surface area contributed by atoms with Crippen molar-refractivity contribution in [3.63, 3.8) is 0 Å². The molecule has 0 saturated carbocycles. The maximum absolute atomic E-state index is 11.5. The maximum atomic E-state index is 11.5. The first-order valence-electron chi connectivity index (χ1n) is 6.71. The van der Waals surface area contributed by atoms with Crippen LogP contribution in [0.1, 0.15) is 38.3 Å². The third-order valence-corrected chi connectivity index (χ3v) is 3.37. The van der Waals surface area contributed by atoms with Gasteiger partial charge in [0.05, 0.1) is 5.69 Å². The number of anilines is 1. The van der Waals surface area contributed by atoms with Crippen molar-refractivity contribution in [2.45, 2.75) is 32.6 Å². The average molecular weight is 250 g/mol. The molecule has 0 amide bonds. The highest BCUT2D eigenvalue weighted by Crippen LogP contribution is 2.13. The standard InChI is InChI=1S/C13H22N4O/c1-9(2)11-7-12(18)17-13(16-11)15-8-10-3-5-14-6-4-10/h7,9-10,14H,3-6,8H2,1-2H3,(H2,15,16,17,18). The second kappa shape index (κ2) is 6.00. The van der Waals surface area contributed by atoms with E-state index in [0.717, 1.165) is 25.3 Å². The Morgan fingerprint density at radius 2 is 2.17 bits per heavy atom. The number of nitrogens with zero attached hydrogens (tertiary/aromatic N) is 1. The SMILES string of the molecule is CC(C)c1cc(=O)[nH]c(NCC2CCNCC2)n1. The van der Waals surface area contributed by atoms with Crippen LogP contribution in [-0.4, -0.2) is 29.6 Å². The molecule has 0 aliphatic carbocycles. The third-order valence-electron chi connectivity index (χ3n) is 3.37. The van der Waals surface area contributed by atoms with E-state index >= 15 is 0 Å². The highest BCUT2D eigenvalue weighted by molar-refractivity contribution is 5.26. The molecule has 1 fully saturated rings. The molecule has 1 aromatic rings. The van der Waals surface area contributed by atoms with Gasteiger partial charge in [0.1, 0.15) is 0 Å². The summed E-state index contributed by atoms with van der Waals surface area (Å²) in [5.41, 5.74) is 0.757. The molecule has 0 bridgehead atoms. The summed E-state index contributed by atoms with van der Waals surface area (Å²) >= 11 is 0. The number of aromatic nitrogens is 2. The molecule has 0 radical (unpaired) electrons.